The zero-order valence-corrected chi connectivity index (χ0v) is 26.0. The maximum atomic E-state index is 5.83. The Morgan fingerprint density at radius 2 is 0.765 bits per heavy atom. The Bertz CT molecular complexity index is 363. The van der Waals surface area contributed by atoms with Crippen LogP contribution >= 0.6 is 0 Å². The molecule has 0 amide bonds. The van der Waals surface area contributed by atoms with E-state index in [1.165, 1.54) is 51.4 Å². The Morgan fingerprint density at radius 3 is 1.06 bits per heavy atom. The van der Waals surface area contributed by atoms with Crippen molar-refractivity contribution in [3.8, 4) is 0 Å². The first-order valence-corrected chi connectivity index (χ1v) is 17.7. The van der Waals surface area contributed by atoms with Crippen LogP contribution in [0.25, 0.3) is 0 Å². The van der Waals surface area contributed by atoms with Crippen molar-refractivity contribution < 1.29 is 17.7 Å². The molecule has 0 heterocycles. The van der Waals surface area contributed by atoms with Crippen LogP contribution in [0.4, 0.5) is 0 Å². The lowest BCUT2D eigenvalue weighted by Crippen LogP contribution is -2.30. The second kappa shape index (κ2) is 26.3. The largest absolute Gasteiger partial charge is 0.397 e. The van der Waals surface area contributed by atoms with Crippen molar-refractivity contribution in [3.63, 3.8) is 0 Å². The molecule has 6 nitrogen and oxygen atoms in total. The summed E-state index contributed by atoms with van der Waals surface area (Å²) in [6, 6.07) is 0. The number of unbranched alkanes of at least 4 members (excludes halogenated alkanes) is 7. The number of nitrogens with one attached hydrogen (secondary N) is 2. The molecule has 0 aliphatic rings. The smallest absolute Gasteiger partial charge is 0.324 e. The van der Waals surface area contributed by atoms with Crippen LogP contribution in [-0.4, -0.2) is 71.2 Å². The van der Waals surface area contributed by atoms with Crippen LogP contribution in [0.1, 0.15) is 106 Å². The number of rotatable bonds is 27. The molecule has 0 rings (SSSR count). The molecule has 8 heteroatoms. The van der Waals surface area contributed by atoms with Crippen molar-refractivity contribution in [1.82, 2.24) is 10.6 Å². The van der Waals surface area contributed by atoms with E-state index in [9.17, 15) is 0 Å². The van der Waals surface area contributed by atoms with E-state index in [0.717, 1.165) is 65.4 Å². The summed E-state index contributed by atoms with van der Waals surface area (Å²) >= 11 is 0. The molecule has 34 heavy (non-hydrogen) atoms. The minimum absolute atomic E-state index is 0.570. The van der Waals surface area contributed by atoms with Crippen LogP contribution in [0.3, 0.4) is 0 Å². The molecule has 2 atom stereocenters. The summed E-state index contributed by atoms with van der Waals surface area (Å²) < 4.78 is 23.3. The van der Waals surface area contributed by atoms with Gasteiger partial charge in [-0.1, -0.05) is 52.4 Å². The number of hydrogen-bond donors (Lipinski definition) is 2. The first-order chi connectivity index (χ1) is 16.6. The molecule has 2 N–H and O–H groups in total. The molecule has 0 aromatic rings. The molecule has 2 unspecified atom stereocenters. The Balaban J connectivity index is 3.41. The average Bonchev–Trinajstić information content (AvgIpc) is 2.83. The monoisotopic (exact) mass is 520 g/mol. The van der Waals surface area contributed by atoms with Crippen molar-refractivity contribution in [2.75, 3.05) is 52.6 Å². The highest BCUT2D eigenvalue weighted by Gasteiger charge is 2.21. The van der Waals surface area contributed by atoms with Crippen molar-refractivity contribution in [1.29, 1.82) is 0 Å². The van der Waals surface area contributed by atoms with Gasteiger partial charge in [0.1, 0.15) is 0 Å². The van der Waals surface area contributed by atoms with E-state index < -0.39 is 18.6 Å². The minimum Gasteiger partial charge on any atom is -0.397 e. The topological polar surface area (TPSA) is 61.0 Å². The predicted octanol–water partition coefficient (Wildman–Crippen LogP) is 5.43. The van der Waals surface area contributed by atoms with Gasteiger partial charge < -0.3 is 28.3 Å². The summed E-state index contributed by atoms with van der Waals surface area (Å²) in [5, 5.41) is 7.22. The Labute approximate surface area is 216 Å². The normalized spacial score (nSPS) is 13.8. The summed E-state index contributed by atoms with van der Waals surface area (Å²) in [6.45, 7) is 20.4. The molecule has 0 aliphatic carbocycles. The highest BCUT2D eigenvalue weighted by atomic mass is 28.3. The summed E-state index contributed by atoms with van der Waals surface area (Å²) in [5.41, 5.74) is 1.14. The fourth-order valence-corrected chi connectivity index (χ4v) is 7.85. The molecule has 0 aliphatic heterocycles. The van der Waals surface area contributed by atoms with Gasteiger partial charge in [-0.25, -0.2) is 0 Å². The van der Waals surface area contributed by atoms with Crippen LogP contribution in [0.2, 0.25) is 11.1 Å². The van der Waals surface area contributed by atoms with Crippen LogP contribution < -0.4 is 10.6 Å². The first-order valence-electron chi connectivity index (χ1n) is 14.5. The van der Waals surface area contributed by atoms with Gasteiger partial charge in [0.05, 0.1) is 0 Å². The maximum absolute atomic E-state index is 5.83. The molecule has 206 valence electrons. The van der Waals surface area contributed by atoms with E-state index in [2.05, 4.69) is 52.2 Å². The maximum Gasteiger partial charge on any atom is 0.324 e. The fourth-order valence-electron chi connectivity index (χ4n) is 4.15. The Kier molecular flexibility index (Phi) is 26.4. The van der Waals surface area contributed by atoms with Gasteiger partial charge >= 0.3 is 18.6 Å². The van der Waals surface area contributed by atoms with Gasteiger partial charge in [0.25, 0.3) is 0 Å². The molecular formula is C26H60N2O4Si2. The molecule has 0 aromatic heterocycles. The van der Waals surface area contributed by atoms with Gasteiger partial charge in [-0.3, -0.25) is 0 Å². The predicted molar refractivity (Wildman–Crippen MR) is 152 cm³/mol. The summed E-state index contributed by atoms with van der Waals surface area (Å²) in [5.74, 6) is 0. The SMILES string of the molecule is CCO[SiH](OCC)C(C)CCNCCCCCCCCCCNCCC(C)[SiH](OCC)OCC. The van der Waals surface area contributed by atoms with Gasteiger partial charge in [0.2, 0.25) is 0 Å². The highest BCUT2D eigenvalue weighted by molar-refractivity contribution is 6.46. The van der Waals surface area contributed by atoms with E-state index in [4.69, 9.17) is 17.7 Å². The molecule has 0 radical (unpaired) electrons. The van der Waals surface area contributed by atoms with Gasteiger partial charge in [-0.05, 0) is 90.6 Å². The molecule has 0 fully saturated rings. The second-order valence-electron chi connectivity index (χ2n) is 9.42. The molecule has 0 saturated carbocycles. The zero-order chi connectivity index (χ0) is 25.3. The van der Waals surface area contributed by atoms with Crippen LogP contribution in [0, 0.1) is 0 Å². The molecule has 0 spiro atoms. The van der Waals surface area contributed by atoms with Crippen LogP contribution in [0.15, 0.2) is 0 Å². The molecule has 0 aromatic carbocycles. The molecular weight excluding hydrogens is 460 g/mol. The lowest BCUT2D eigenvalue weighted by molar-refractivity contribution is 0.203. The first kappa shape index (κ1) is 34.2. The lowest BCUT2D eigenvalue weighted by Gasteiger charge is -2.21. The zero-order valence-electron chi connectivity index (χ0n) is 23.7. The fraction of sp³-hybridized carbons (Fsp3) is 1.00. The second-order valence-corrected chi connectivity index (χ2v) is 14.5. The third-order valence-electron chi connectivity index (χ3n) is 6.26. The van der Waals surface area contributed by atoms with Gasteiger partial charge in [0.15, 0.2) is 0 Å². The minimum atomic E-state index is -1.49. The van der Waals surface area contributed by atoms with E-state index >= 15 is 0 Å². The summed E-state index contributed by atoms with van der Waals surface area (Å²) in [4.78, 5) is 0. The number of hydrogen-bond acceptors (Lipinski definition) is 6. The van der Waals surface area contributed by atoms with Crippen molar-refractivity contribution in [2.45, 2.75) is 117 Å². The van der Waals surface area contributed by atoms with Crippen LogP contribution in [0.5, 0.6) is 0 Å². The Morgan fingerprint density at radius 1 is 0.471 bits per heavy atom. The molecule has 0 bridgehead atoms. The van der Waals surface area contributed by atoms with Crippen LogP contribution in [-0.2, 0) is 17.7 Å². The Hall–Kier alpha value is 0.194. The van der Waals surface area contributed by atoms with Crippen molar-refractivity contribution >= 4 is 18.6 Å². The van der Waals surface area contributed by atoms with Gasteiger partial charge in [-0.15, -0.1) is 0 Å². The van der Waals surface area contributed by atoms with E-state index in [1.54, 1.807) is 0 Å². The highest BCUT2D eigenvalue weighted by Crippen LogP contribution is 2.17. The van der Waals surface area contributed by atoms with E-state index in [-0.39, 0.29) is 0 Å². The standard InChI is InChI=1S/C26H60N2O4Si2/c1-7-29-33(30-8-2)25(5)19-23-27-21-17-15-13-11-12-14-16-18-22-28-24-20-26(6)34(31-9-3)32-10-4/h25-28,33-34H,7-24H2,1-6H3. The van der Waals surface area contributed by atoms with Crippen molar-refractivity contribution in [2.24, 2.45) is 0 Å². The summed E-state index contributed by atoms with van der Waals surface area (Å²) in [6.07, 6.45) is 13.1. The van der Waals surface area contributed by atoms with Gasteiger partial charge in [-0.2, -0.15) is 0 Å². The van der Waals surface area contributed by atoms with E-state index in [0.29, 0.717) is 11.1 Å². The third kappa shape index (κ3) is 20.4. The quantitative estimate of drug-likeness (QED) is 0.111. The lowest BCUT2D eigenvalue weighted by atomic mass is 10.1. The van der Waals surface area contributed by atoms with Crippen molar-refractivity contribution in [3.05, 3.63) is 0 Å². The third-order valence-corrected chi connectivity index (χ3v) is 11.4. The molecule has 0 saturated heterocycles. The average molecular weight is 521 g/mol. The summed E-state index contributed by atoms with van der Waals surface area (Å²) in [7, 11) is -2.97. The van der Waals surface area contributed by atoms with Gasteiger partial charge in [0, 0.05) is 26.4 Å². The van der Waals surface area contributed by atoms with E-state index in [1.807, 2.05) is 0 Å².